The van der Waals surface area contributed by atoms with Crippen LogP contribution in [0.15, 0.2) is 0 Å². The van der Waals surface area contributed by atoms with Gasteiger partial charge < -0.3 is 9.84 Å². The van der Waals surface area contributed by atoms with E-state index in [4.69, 9.17) is 9.84 Å². The van der Waals surface area contributed by atoms with Crippen LogP contribution in [0, 0.1) is 13.8 Å². The number of aliphatic carboxylic acids is 1. The zero-order chi connectivity index (χ0) is 15.3. The summed E-state index contributed by atoms with van der Waals surface area (Å²) < 4.78 is 5.68. The maximum atomic E-state index is 11.1. The Balaban J connectivity index is 3.17. The molecule has 0 aliphatic heterocycles. The van der Waals surface area contributed by atoms with Crippen molar-refractivity contribution in [3.8, 4) is 0 Å². The predicted octanol–water partition coefficient (Wildman–Crippen LogP) is 3.16. The highest BCUT2D eigenvalue weighted by Crippen LogP contribution is 2.25. The van der Waals surface area contributed by atoms with E-state index >= 15 is 0 Å². The van der Waals surface area contributed by atoms with Crippen LogP contribution in [0.5, 0.6) is 0 Å². The second-order valence-electron chi connectivity index (χ2n) is 4.96. The number of hydrogen-bond donors (Lipinski definition) is 1. The molecule has 1 rings (SSSR count). The Labute approximate surface area is 120 Å². The third-order valence-corrected chi connectivity index (χ3v) is 3.35. The van der Waals surface area contributed by atoms with Crippen LogP contribution in [0.3, 0.4) is 0 Å². The molecule has 20 heavy (non-hydrogen) atoms. The van der Waals surface area contributed by atoms with E-state index in [9.17, 15) is 4.79 Å². The summed E-state index contributed by atoms with van der Waals surface area (Å²) in [4.78, 5) is 20.1. The molecule has 0 aliphatic rings. The Morgan fingerprint density at radius 3 is 2.20 bits per heavy atom. The first kappa shape index (κ1) is 16.6. The Morgan fingerprint density at radius 2 is 1.80 bits per heavy atom. The minimum Gasteiger partial charge on any atom is -0.481 e. The Morgan fingerprint density at radius 1 is 1.25 bits per heavy atom. The maximum absolute atomic E-state index is 11.1. The summed E-state index contributed by atoms with van der Waals surface area (Å²) in [7, 11) is 0. The van der Waals surface area contributed by atoms with Gasteiger partial charge in [0.05, 0.1) is 5.92 Å². The lowest BCUT2D eigenvalue weighted by Crippen LogP contribution is -2.17. The fraction of sp³-hybridized carbons (Fsp3) is 0.667. The van der Waals surface area contributed by atoms with E-state index in [-0.39, 0.29) is 6.10 Å². The molecule has 1 aromatic heterocycles. The lowest BCUT2D eigenvalue weighted by molar-refractivity contribution is -0.138. The Kier molecular flexibility index (Phi) is 6.07. The van der Waals surface area contributed by atoms with Crippen molar-refractivity contribution >= 4 is 5.97 Å². The predicted molar refractivity (Wildman–Crippen MR) is 76.8 cm³/mol. The fourth-order valence-electron chi connectivity index (χ4n) is 2.40. The van der Waals surface area contributed by atoms with E-state index in [0.717, 1.165) is 24.2 Å². The first-order chi connectivity index (χ1) is 9.42. The number of aryl methyl sites for hydroxylation is 2. The lowest BCUT2D eigenvalue weighted by Gasteiger charge is -2.19. The monoisotopic (exact) mass is 280 g/mol. The second-order valence-corrected chi connectivity index (χ2v) is 4.96. The minimum absolute atomic E-state index is 0.114. The first-order valence-electron chi connectivity index (χ1n) is 7.11. The van der Waals surface area contributed by atoms with Crippen molar-refractivity contribution in [1.82, 2.24) is 9.97 Å². The average Bonchev–Trinajstić information content (AvgIpc) is 2.37. The van der Waals surface area contributed by atoms with Gasteiger partial charge in [-0.05, 0) is 34.1 Å². The van der Waals surface area contributed by atoms with E-state index < -0.39 is 11.9 Å². The van der Waals surface area contributed by atoms with E-state index in [1.807, 2.05) is 20.8 Å². The molecule has 0 aliphatic carbocycles. The summed E-state index contributed by atoms with van der Waals surface area (Å²) in [5.41, 5.74) is 2.15. The normalized spacial score (nSPS) is 14.1. The van der Waals surface area contributed by atoms with Crippen LogP contribution in [0.1, 0.15) is 68.4 Å². The smallest absolute Gasteiger partial charge is 0.310 e. The average molecular weight is 280 g/mol. The van der Waals surface area contributed by atoms with E-state index in [0.29, 0.717) is 18.0 Å². The molecule has 0 saturated heterocycles. The molecule has 2 unspecified atom stereocenters. The molecule has 0 fully saturated rings. The van der Waals surface area contributed by atoms with Gasteiger partial charge >= 0.3 is 5.97 Å². The third kappa shape index (κ3) is 3.76. The quantitative estimate of drug-likeness (QED) is 0.830. The second kappa shape index (κ2) is 7.33. The van der Waals surface area contributed by atoms with Crippen molar-refractivity contribution < 1.29 is 14.6 Å². The van der Waals surface area contributed by atoms with Gasteiger partial charge in [-0.25, -0.2) is 9.97 Å². The highest BCUT2D eigenvalue weighted by atomic mass is 16.5. The van der Waals surface area contributed by atoms with Crippen molar-refractivity contribution in [1.29, 1.82) is 0 Å². The number of nitrogens with zero attached hydrogens (tertiary/aromatic N) is 2. The Bertz CT molecular complexity index is 445. The van der Waals surface area contributed by atoms with E-state index in [1.54, 1.807) is 6.92 Å². The maximum Gasteiger partial charge on any atom is 0.310 e. The van der Waals surface area contributed by atoms with Gasteiger partial charge in [-0.3, -0.25) is 4.79 Å². The SMILES string of the molecule is CCCC(OCC)c1nc(C)c(C(C)C(=O)O)c(C)n1. The molecule has 1 aromatic rings. The van der Waals surface area contributed by atoms with Gasteiger partial charge in [0.2, 0.25) is 0 Å². The molecule has 5 nitrogen and oxygen atoms in total. The van der Waals surface area contributed by atoms with Crippen LogP contribution in [0.25, 0.3) is 0 Å². The summed E-state index contributed by atoms with van der Waals surface area (Å²) in [5, 5.41) is 9.15. The van der Waals surface area contributed by atoms with Crippen LogP contribution in [0.2, 0.25) is 0 Å². The first-order valence-corrected chi connectivity index (χ1v) is 7.11. The summed E-state index contributed by atoms with van der Waals surface area (Å²) in [6.45, 7) is 9.98. The van der Waals surface area contributed by atoms with Crippen molar-refractivity contribution in [3.05, 3.63) is 22.8 Å². The molecule has 0 saturated carbocycles. The molecule has 0 amide bonds. The van der Waals surface area contributed by atoms with Crippen LogP contribution < -0.4 is 0 Å². The van der Waals surface area contributed by atoms with Gasteiger partial charge in [0.15, 0.2) is 5.82 Å². The van der Waals surface area contributed by atoms with Crippen molar-refractivity contribution in [2.45, 2.75) is 59.5 Å². The van der Waals surface area contributed by atoms with Crippen LogP contribution in [-0.4, -0.2) is 27.7 Å². The highest BCUT2D eigenvalue weighted by molar-refractivity contribution is 5.76. The van der Waals surface area contributed by atoms with E-state index in [2.05, 4.69) is 16.9 Å². The number of rotatable bonds is 7. The lowest BCUT2D eigenvalue weighted by atomic mass is 9.98. The van der Waals surface area contributed by atoms with Gasteiger partial charge in [0, 0.05) is 23.6 Å². The molecular formula is C15H24N2O3. The number of aromatic nitrogens is 2. The van der Waals surface area contributed by atoms with Crippen molar-refractivity contribution in [2.24, 2.45) is 0 Å². The summed E-state index contributed by atoms with van der Waals surface area (Å²) >= 11 is 0. The standard InChI is InChI=1S/C15H24N2O3/c1-6-8-12(20-7-2)14-16-10(4)13(11(5)17-14)9(3)15(18)19/h9,12H,6-8H2,1-5H3,(H,18,19). The molecular weight excluding hydrogens is 256 g/mol. The number of hydrogen-bond acceptors (Lipinski definition) is 4. The topological polar surface area (TPSA) is 72.3 Å². The number of carboxylic acids is 1. The molecule has 0 spiro atoms. The molecule has 1 heterocycles. The van der Waals surface area contributed by atoms with Crippen LogP contribution in [-0.2, 0) is 9.53 Å². The largest absolute Gasteiger partial charge is 0.481 e. The molecule has 1 N–H and O–H groups in total. The molecule has 5 heteroatoms. The molecule has 0 aromatic carbocycles. The number of ether oxygens (including phenoxy) is 1. The van der Waals surface area contributed by atoms with Gasteiger partial charge in [0.1, 0.15) is 6.10 Å². The van der Waals surface area contributed by atoms with Crippen LogP contribution in [0.4, 0.5) is 0 Å². The van der Waals surface area contributed by atoms with Crippen molar-refractivity contribution in [2.75, 3.05) is 6.61 Å². The van der Waals surface area contributed by atoms with Gasteiger partial charge in [0.25, 0.3) is 0 Å². The zero-order valence-corrected chi connectivity index (χ0v) is 12.9. The van der Waals surface area contributed by atoms with Gasteiger partial charge in [-0.1, -0.05) is 13.3 Å². The summed E-state index contributed by atoms with van der Waals surface area (Å²) in [6, 6.07) is 0. The summed E-state index contributed by atoms with van der Waals surface area (Å²) in [5.74, 6) is -0.798. The van der Waals surface area contributed by atoms with Crippen molar-refractivity contribution in [3.63, 3.8) is 0 Å². The fourth-order valence-corrected chi connectivity index (χ4v) is 2.40. The van der Waals surface area contributed by atoms with E-state index in [1.165, 1.54) is 0 Å². The molecule has 0 radical (unpaired) electrons. The third-order valence-electron chi connectivity index (χ3n) is 3.35. The number of carboxylic acid groups (broad SMARTS) is 1. The van der Waals surface area contributed by atoms with Crippen LogP contribution >= 0.6 is 0 Å². The Hall–Kier alpha value is -1.49. The molecule has 112 valence electrons. The minimum atomic E-state index is -0.859. The van der Waals surface area contributed by atoms with Gasteiger partial charge in [-0.15, -0.1) is 0 Å². The van der Waals surface area contributed by atoms with Gasteiger partial charge in [-0.2, -0.15) is 0 Å². The molecule has 0 bridgehead atoms. The molecule has 2 atom stereocenters. The zero-order valence-electron chi connectivity index (χ0n) is 12.9. The number of carbonyl (C=O) groups is 1. The summed E-state index contributed by atoms with van der Waals surface area (Å²) in [6.07, 6.45) is 1.73. The highest BCUT2D eigenvalue weighted by Gasteiger charge is 2.23.